The number of alkyl halides is 3. The molecule has 1 aromatic heterocycles. The predicted octanol–water partition coefficient (Wildman–Crippen LogP) is 5.94. The van der Waals surface area contributed by atoms with Crippen molar-refractivity contribution in [3.63, 3.8) is 0 Å². The number of carbonyl (C=O) groups excluding carboxylic acids is 1. The first-order valence-electron chi connectivity index (χ1n) is 14.5. The summed E-state index contributed by atoms with van der Waals surface area (Å²) in [6, 6.07) is 9.65. The van der Waals surface area contributed by atoms with Crippen molar-refractivity contribution in [2.75, 3.05) is 37.0 Å². The Morgan fingerprint density at radius 3 is 2.43 bits per heavy atom. The van der Waals surface area contributed by atoms with E-state index in [0.29, 0.717) is 47.9 Å². The number of hydrogen-bond acceptors (Lipinski definition) is 6. The van der Waals surface area contributed by atoms with Gasteiger partial charge in [-0.05, 0) is 36.9 Å². The second kappa shape index (κ2) is 10.2. The van der Waals surface area contributed by atoms with E-state index in [9.17, 15) is 14.0 Å². The van der Waals surface area contributed by atoms with E-state index in [2.05, 4.69) is 4.98 Å². The molecule has 44 heavy (non-hydrogen) atoms. The Hall–Kier alpha value is -3.64. The van der Waals surface area contributed by atoms with Crippen molar-refractivity contribution in [1.82, 2.24) is 14.5 Å². The molecule has 1 amide bonds. The summed E-state index contributed by atoms with van der Waals surface area (Å²) in [6.07, 6.45) is -4.77. The zero-order valence-electron chi connectivity index (χ0n) is 24.4. The number of piperazine rings is 1. The predicted molar refractivity (Wildman–Crippen MR) is 162 cm³/mol. The fourth-order valence-corrected chi connectivity index (χ4v) is 8.33. The SMILES string of the molecule is CC(=O)N1C[C@H](C)N(c2nc(=O)n3c4c(c(-c5ccc(F)c6ccccc56)c(C(F)(F)F)cc24)SCC2(COC2)C3)C[C@H]1C. The van der Waals surface area contributed by atoms with Crippen LogP contribution in [0.1, 0.15) is 26.3 Å². The molecule has 2 saturated heterocycles. The summed E-state index contributed by atoms with van der Waals surface area (Å²) in [5.74, 6) is -0.00620. The molecule has 1 spiro atoms. The Balaban J connectivity index is 1.57. The first-order valence-corrected chi connectivity index (χ1v) is 15.5. The van der Waals surface area contributed by atoms with E-state index < -0.39 is 28.7 Å². The average Bonchev–Trinajstić information content (AvgIpc) is 3.15. The van der Waals surface area contributed by atoms with Gasteiger partial charge in [0.15, 0.2) is 0 Å². The number of fused-ring (bicyclic) bond motifs is 1. The van der Waals surface area contributed by atoms with Crippen molar-refractivity contribution in [2.45, 2.75) is 50.5 Å². The summed E-state index contributed by atoms with van der Waals surface area (Å²) in [5, 5.41) is 0.792. The summed E-state index contributed by atoms with van der Waals surface area (Å²) in [5.41, 5.74) is -1.30. The van der Waals surface area contributed by atoms with Gasteiger partial charge < -0.3 is 14.5 Å². The van der Waals surface area contributed by atoms with Crippen LogP contribution in [0.5, 0.6) is 0 Å². The van der Waals surface area contributed by atoms with Crippen LogP contribution in [0, 0.1) is 11.2 Å². The summed E-state index contributed by atoms with van der Waals surface area (Å²) in [7, 11) is 0. The van der Waals surface area contributed by atoms with Crippen LogP contribution in [0.25, 0.3) is 32.8 Å². The molecule has 3 aliphatic rings. The van der Waals surface area contributed by atoms with Gasteiger partial charge in [0.1, 0.15) is 11.6 Å². The van der Waals surface area contributed by atoms with Gasteiger partial charge in [-0.1, -0.05) is 30.3 Å². The normalized spacial score (nSPS) is 21.5. The summed E-state index contributed by atoms with van der Waals surface area (Å²) < 4.78 is 67.5. The quantitative estimate of drug-likeness (QED) is 0.257. The molecule has 2 atom stereocenters. The van der Waals surface area contributed by atoms with E-state index in [-0.39, 0.29) is 52.3 Å². The molecule has 0 N–H and O–H groups in total. The van der Waals surface area contributed by atoms with Crippen molar-refractivity contribution in [2.24, 2.45) is 5.41 Å². The number of anilines is 1. The zero-order valence-corrected chi connectivity index (χ0v) is 25.2. The van der Waals surface area contributed by atoms with Crippen molar-refractivity contribution in [3.05, 3.63) is 64.3 Å². The Kier molecular flexibility index (Phi) is 6.74. The Morgan fingerprint density at radius 2 is 1.77 bits per heavy atom. The molecule has 2 fully saturated rings. The molecule has 0 saturated carbocycles. The van der Waals surface area contributed by atoms with Gasteiger partial charge >= 0.3 is 11.9 Å². The van der Waals surface area contributed by atoms with Crippen LogP contribution < -0.4 is 10.6 Å². The number of nitrogens with zero attached hydrogens (tertiary/aromatic N) is 4. The molecule has 3 aromatic carbocycles. The monoisotopic (exact) mass is 626 g/mol. The van der Waals surface area contributed by atoms with Gasteiger partial charge in [-0.2, -0.15) is 18.2 Å². The number of ether oxygens (including phenoxy) is 1. The highest BCUT2D eigenvalue weighted by molar-refractivity contribution is 7.99. The van der Waals surface area contributed by atoms with Gasteiger partial charge in [-0.25, -0.2) is 9.18 Å². The molecule has 4 heterocycles. The van der Waals surface area contributed by atoms with Gasteiger partial charge in [-0.15, -0.1) is 11.8 Å². The second-order valence-electron chi connectivity index (χ2n) is 12.3. The Labute approximate surface area is 254 Å². The molecule has 0 aliphatic carbocycles. The van der Waals surface area contributed by atoms with Gasteiger partial charge in [0, 0.05) is 71.0 Å². The second-order valence-corrected chi connectivity index (χ2v) is 13.3. The third kappa shape index (κ3) is 4.48. The van der Waals surface area contributed by atoms with Crippen LogP contribution in [0.3, 0.4) is 0 Å². The largest absolute Gasteiger partial charge is 0.417 e. The molecule has 0 radical (unpaired) electrons. The van der Waals surface area contributed by atoms with E-state index >= 15 is 13.2 Å². The molecular weight excluding hydrogens is 596 g/mol. The van der Waals surface area contributed by atoms with Crippen LogP contribution >= 0.6 is 11.8 Å². The highest BCUT2D eigenvalue weighted by Gasteiger charge is 2.45. The maximum absolute atomic E-state index is 15.2. The van der Waals surface area contributed by atoms with E-state index in [0.717, 1.165) is 6.07 Å². The lowest BCUT2D eigenvalue weighted by molar-refractivity contribution is -0.137. The van der Waals surface area contributed by atoms with E-state index in [4.69, 9.17) is 4.74 Å². The molecule has 3 aliphatic heterocycles. The number of thioether (sulfide) groups is 1. The minimum absolute atomic E-state index is 0.0726. The van der Waals surface area contributed by atoms with E-state index in [1.807, 2.05) is 18.7 Å². The molecule has 7 nitrogen and oxygen atoms in total. The van der Waals surface area contributed by atoms with Gasteiger partial charge in [0.05, 0.1) is 24.3 Å². The summed E-state index contributed by atoms with van der Waals surface area (Å²) >= 11 is 1.29. The van der Waals surface area contributed by atoms with Crippen LogP contribution in [0.4, 0.5) is 23.4 Å². The van der Waals surface area contributed by atoms with Crippen LogP contribution in [-0.2, 0) is 22.3 Å². The standard InChI is InChI=1S/C32H30F4N4O3S/c1-17-12-39(18(2)11-38(17)19(3)41)29-23-10-24(32(34,35)36)26(22-8-9-25(33)21-7-5-4-6-20(21)22)28-27(23)40(30(42)37-29)13-31(16-44-28)14-43-15-31/h4-10,17-18H,11-16H2,1-3H3/t17-,18+/m1/s1. The fraction of sp³-hybridized carbons (Fsp3) is 0.406. The van der Waals surface area contributed by atoms with Crippen LogP contribution in [0.2, 0.25) is 0 Å². The Morgan fingerprint density at radius 1 is 1.05 bits per heavy atom. The molecule has 0 unspecified atom stereocenters. The molecular formula is C32H30F4N4O3S. The Bertz CT molecular complexity index is 1910. The minimum Gasteiger partial charge on any atom is -0.380 e. The number of carbonyl (C=O) groups is 1. The first-order chi connectivity index (χ1) is 20.9. The maximum Gasteiger partial charge on any atom is 0.417 e. The smallest absolute Gasteiger partial charge is 0.380 e. The number of benzene rings is 3. The zero-order chi connectivity index (χ0) is 31.1. The number of rotatable bonds is 2. The molecule has 7 rings (SSSR count). The first kappa shape index (κ1) is 29.1. The van der Waals surface area contributed by atoms with Crippen molar-refractivity contribution in [3.8, 4) is 11.1 Å². The number of aromatic nitrogens is 2. The third-order valence-electron chi connectivity index (χ3n) is 9.14. The number of halogens is 4. The number of hydrogen-bond donors (Lipinski definition) is 0. The molecule has 4 aromatic rings. The fourth-order valence-electron chi connectivity index (χ4n) is 6.90. The molecule has 12 heteroatoms. The minimum atomic E-state index is -4.77. The van der Waals surface area contributed by atoms with Gasteiger partial charge in [0.25, 0.3) is 0 Å². The molecule has 230 valence electrons. The summed E-state index contributed by atoms with van der Waals surface area (Å²) in [6.45, 7) is 6.90. The number of amides is 1. The van der Waals surface area contributed by atoms with E-state index in [1.54, 1.807) is 29.2 Å². The van der Waals surface area contributed by atoms with E-state index in [1.165, 1.54) is 35.4 Å². The van der Waals surface area contributed by atoms with Crippen molar-refractivity contribution < 1.29 is 27.1 Å². The lowest BCUT2D eigenvalue weighted by Gasteiger charge is -2.44. The lowest BCUT2D eigenvalue weighted by atomic mass is 9.88. The third-order valence-corrected chi connectivity index (χ3v) is 10.6. The van der Waals surface area contributed by atoms with Crippen molar-refractivity contribution >= 4 is 45.2 Å². The van der Waals surface area contributed by atoms with Gasteiger partial charge in [0.2, 0.25) is 5.91 Å². The summed E-state index contributed by atoms with van der Waals surface area (Å²) in [4.78, 5) is 34.5. The average molecular weight is 627 g/mol. The maximum atomic E-state index is 15.2. The molecule has 0 bridgehead atoms. The topological polar surface area (TPSA) is 67.7 Å². The van der Waals surface area contributed by atoms with Crippen LogP contribution in [0.15, 0.2) is 52.2 Å². The highest BCUT2D eigenvalue weighted by Crippen LogP contribution is 2.52. The van der Waals surface area contributed by atoms with Crippen LogP contribution in [-0.4, -0.2) is 64.5 Å². The highest BCUT2D eigenvalue weighted by atomic mass is 32.2. The van der Waals surface area contributed by atoms with Crippen molar-refractivity contribution in [1.29, 1.82) is 0 Å². The lowest BCUT2D eigenvalue weighted by Crippen LogP contribution is -2.58. The van der Waals surface area contributed by atoms with Gasteiger partial charge in [-0.3, -0.25) is 9.36 Å².